The Morgan fingerprint density at radius 2 is 1.60 bits per heavy atom. The van der Waals surface area contributed by atoms with E-state index in [1.54, 1.807) is 50.6 Å². The van der Waals surface area contributed by atoms with Gasteiger partial charge in [-0.25, -0.2) is 13.4 Å². The van der Waals surface area contributed by atoms with Crippen LogP contribution in [-0.4, -0.2) is 39.3 Å². The number of benzene rings is 3. The van der Waals surface area contributed by atoms with Gasteiger partial charge in [-0.05, 0) is 36.8 Å². The van der Waals surface area contributed by atoms with Gasteiger partial charge >= 0.3 is 0 Å². The number of thiazole rings is 1. The van der Waals surface area contributed by atoms with E-state index < -0.39 is 9.84 Å². The first-order valence-electron chi connectivity index (χ1n) is 11.0. The molecule has 0 aliphatic rings. The van der Waals surface area contributed by atoms with Crippen LogP contribution in [0.25, 0.3) is 10.2 Å². The summed E-state index contributed by atoms with van der Waals surface area (Å²) in [6.45, 7) is 2.15. The Bertz CT molecular complexity index is 1390. The lowest BCUT2D eigenvalue weighted by atomic mass is 10.2. The van der Waals surface area contributed by atoms with E-state index in [1.807, 2.05) is 37.3 Å². The number of methoxy groups -OCH3 is 2. The average molecular weight is 511 g/mol. The first kappa shape index (κ1) is 24.7. The largest absolute Gasteiger partial charge is 0.495 e. The standard InChI is InChI=1S/C26H26N2O5S2/c1-18-9-11-20(12-10-18)35(30,31)16-15-23(29)28(17-19-7-5-4-6-8-19)26-27-24-21(32-2)13-14-22(33-3)25(24)34-26/h4-14H,15-17H2,1-3H3. The molecule has 4 rings (SSSR count). The molecule has 0 atom stereocenters. The predicted molar refractivity (Wildman–Crippen MR) is 138 cm³/mol. The SMILES string of the molecule is COc1ccc(OC)c2sc(N(Cc3ccccc3)C(=O)CCS(=O)(=O)c3ccc(C)cc3)nc12. The monoisotopic (exact) mass is 510 g/mol. The quantitative estimate of drug-likeness (QED) is 0.314. The Balaban J connectivity index is 1.67. The third-order valence-electron chi connectivity index (χ3n) is 5.58. The molecule has 1 aromatic heterocycles. The van der Waals surface area contributed by atoms with Gasteiger partial charge in [0.2, 0.25) is 5.91 Å². The Hall–Kier alpha value is -3.43. The van der Waals surface area contributed by atoms with E-state index in [4.69, 9.17) is 14.5 Å². The van der Waals surface area contributed by atoms with Crippen molar-refractivity contribution in [1.82, 2.24) is 4.98 Å². The number of nitrogens with zero attached hydrogens (tertiary/aromatic N) is 2. The number of fused-ring (bicyclic) bond motifs is 1. The fraction of sp³-hybridized carbons (Fsp3) is 0.231. The number of aromatic nitrogens is 1. The van der Waals surface area contributed by atoms with Crippen molar-refractivity contribution in [3.05, 3.63) is 77.9 Å². The van der Waals surface area contributed by atoms with Crippen LogP contribution < -0.4 is 14.4 Å². The highest BCUT2D eigenvalue weighted by atomic mass is 32.2. The van der Waals surface area contributed by atoms with Crippen molar-refractivity contribution in [3.8, 4) is 11.5 Å². The normalized spacial score (nSPS) is 11.4. The van der Waals surface area contributed by atoms with Crippen LogP contribution in [0.4, 0.5) is 5.13 Å². The van der Waals surface area contributed by atoms with Crippen molar-refractivity contribution >= 4 is 42.4 Å². The molecule has 0 N–H and O–H groups in total. The van der Waals surface area contributed by atoms with Crippen LogP contribution in [0.5, 0.6) is 11.5 Å². The summed E-state index contributed by atoms with van der Waals surface area (Å²) in [5.74, 6) is 0.565. The topological polar surface area (TPSA) is 85.8 Å². The highest BCUT2D eigenvalue weighted by Gasteiger charge is 2.25. The Kier molecular flexibility index (Phi) is 7.37. The summed E-state index contributed by atoms with van der Waals surface area (Å²) >= 11 is 1.30. The van der Waals surface area contributed by atoms with E-state index >= 15 is 0 Å². The zero-order valence-electron chi connectivity index (χ0n) is 19.7. The van der Waals surface area contributed by atoms with Crippen LogP contribution in [0.1, 0.15) is 17.5 Å². The van der Waals surface area contributed by atoms with E-state index in [-0.39, 0.29) is 29.5 Å². The summed E-state index contributed by atoms with van der Waals surface area (Å²) in [6.07, 6.45) is -0.173. The molecule has 0 radical (unpaired) electrons. The molecule has 0 saturated heterocycles. The molecule has 0 aliphatic heterocycles. The number of sulfone groups is 1. The molecule has 0 bridgehead atoms. The highest BCUT2D eigenvalue weighted by molar-refractivity contribution is 7.91. The predicted octanol–water partition coefficient (Wildman–Crippen LogP) is 5.02. The highest BCUT2D eigenvalue weighted by Crippen LogP contribution is 2.40. The fourth-order valence-electron chi connectivity index (χ4n) is 3.64. The molecule has 1 heterocycles. The third kappa shape index (κ3) is 5.47. The van der Waals surface area contributed by atoms with Crippen LogP contribution in [0.15, 0.2) is 71.6 Å². The average Bonchev–Trinajstić information content (AvgIpc) is 3.31. The van der Waals surface area contributed by atoms with Crippen molar-refractivity contribution in [2.45, 2.75) is 24.8 Å². The van der Waals surface area contributed by atoms with Crippen LogP contribution in [0.2, 0.25) is 0 Å². The Labute approximate surface area is 208 Å². The van der Waals surface area contributed by atoms with Crippen LogP contribution >= 0.6 is 11.3 Å². The number of hydrogen-bond acceptors (Lipinski definition) is 7. The van der Waals surface area contributed by atoms with Crippen molar-refractivity contribution in [2.75, 3.05) is 24.9 Å². The molecule has 0 unspecified atom stereocenters. The van der Waals surface area contributed by atoms with Crippen molar-refractivity contribution < 1.29 is 22.7 Å². The summed E-state index contributed by atoms with van der Waals surface area (Å²) in [4.78, 5) is 19.9. The lowest BCUT2D eigenvalue weighted by Crippen LogP contribution is -2.31. The van der Waals surface area contributed by atoms with Gasteiger partial charge in [0.15, 0.2) is 15.0 Å². The van der Waals surface area contributed by atoms with Crippen LogP contribution in [0, 0.1) is 6.92 Å². The van der Waals surface area contributed by atoms with Gasteiger partial charge in [0.25, 0.3) is 0 Å². The zero-order chi connectivity index (χ0) is 25.0. The maximum absolute atomic E-state index is 13.4. The van der Waals surface area contributed by atoms with Gasteiger partial charge in [0.05, 0.1) is 31.4 Å². The molecule has 0 fully saturated rings. The van der Waals surface area contributed by atoms with Gasteiger partial charge in [-0.1, -0.05) is 59.4 Å². The number of carbonyl (C=O) groups is 1. The maximum Gasteiger partial charge on any atom is 0.230 e. The number of hydrogen-bond donors (Lipinski definition) is 0. The molecule has 0 saturated carbocycles. The van der Waals surface area contributed by atoms with Gasteiger partial charge in [0, 0.05) is 6.42 Å². The van der Waals surface area contributed by atoms with E-state index in [2.05, 4.69) is 0 Å². The zero-order valence-corrected chi connectivity index (χ0v) is 21.4. The molecule has 1 amide bonds. The summed E-state index contributed by atoms with van der Waals surface area (Å²) in [6, 6.07) is 19.7. The first-order chi connectivity index (χ1) is 16.8. The summed E-state index contributed by atoms with van der Waals surface area (Å²) in [7, 11) is -0.480. The number of ether oxygens (including phenoxy) is 2. The van der Waals surface area contributed by atoms with Gasteiger partial charge < -0.3 is 9.47 Å². The molecule has 7 nitrogen and oxygen atoms in total. The second kappa shape index (κ2) is 10.5. The molecule has 35 heavy (non-hydrogen) atoms. The number of carbonyl (C=O) groups excluding carboxylic acids is 1. The van der Waals surface area contributed by atoms with Gasteiger partial charge in [-0.2, -0.15) is 0 Å². The number of amides is 1. The number of rotatable bonds is 9. The molecular formula is C26H26N2O5S2. The van der Waals surface area contributed by atoms with E-state index in [1.165, 1.54) is 16.2 Å². The molecule has 0 spiro atoms. The molecule has 9 heteroatoms. The van der Waals surface area contributed by atoms with Crippen molar-refractivity contribution in [1.29, 1.82) is 0 Å². The minimum Gasteiger partial charge on any atom is -0.495 e. The maximum atomic E-state index is 13.4. The molecule has 0 aliphatic carbocycles. The lowest BCUT2D eigenvalue weighted by molar-refractivity contribution is -0.118. The lowest BCUT2D eigenvalue weighted by Gasteiger charge is -2.20. The molecular weight excluding hydrogens is 484 g/mol. The fourth-order valence-corrected chi connectivity index (χ4v) is 5.96. The molecule has 3 aromatic carbocycles. The summed E-state index contributed by atoms with van der Waals surface area (Å²) in [5.41, 5.74) is 2.46. The van der Waals surface area contributed by atoms with Gasteiger partial charge in [-0.3, -0.25) is 9.69 Å². The summed E-state index contributed by atoms with van der Waals surface area (Å²) in [5, 5.41) is 0.449. The molecule has 182 valence electrons. The second-order valence-electron chi connectivity index (χ2n) is 7.99. The number of anilines is 1. The van der Waals surface area contributed by atoms with E-state index in [0.29, 0.717) is 22.1 Å². The van der Waals surface area contributed by atoms with Crippen LogP contribution in [0.3, 0.4) is 0 Å². The number of aryl methyl sites for hydroxylation is 1. The Morgan fingerprint density at radius 3 is 2.26 bits per heavy atom. The third-order valence-corrected chi connectivity index (χ3v) is 8.40. The Morgan fingerprint density at radius 1 is 0.943 bits per heavy atom. The van der Waals surface area contributed by atoms with Gasteiger partial charge in [0.1, 0.15) is 21.7 Å². The minimum absolute atomic E-state index is 0.173. The van der Waals surface area contributed by atoms with Gasteiger partial charge in [-0.15, -0.1) is 0 Å². The first-order valence-corrected chi connectivity index (χ1v) is 13.4. The smallest absolute Gasteiger partial charge is 0.230 e. The minimum atomic E-state index is -3.61. The van der Waals surface area contributed by atoms with E-state index in [9.17, 15) is 13.2 Å². The van der Waals surface area contributed by atoms with Crippen LogP contribution in [-0.2, 0) is 21.2 Å². The van der Waals surface area contributed by atoms with Crippen molar-refractivity contribution in [3.63, 3.8) is 0 Å². The molecule has 4 aromatic rings. The van der Waals surface area contributed by atoms with Crippen molar-refractivity contribution in [2.24, 2.45) is 0 Å². The van der Waals surface area contributed by atoms with E-state index in [0.717, 1.165) is 15.8 Å². The second-order valence-corrected chi connectivity index (χ2v) is 11.1. The summed E-state index contributed by atoms with van der Waals surface area (Å²) < 4.78 is 37.4.